The van der Waals surface area contributed by atoms with Crippen molar-refractivity contribution < 1.29 is 0 Å². The minimum absolute atomic E-state index is 0.878. The molecule has 0 fully saturated rings. The zero-order valence-electron chi connectivity index (χ0n) is 6.03. The molecule has 0 aliphatic carbocycles. The van der Waals surface area contributed by atoms with Crippen molar-refractivity contribution in [2.45, 2.75) is 13.8 Å². The summed E-state index contributed by atoms with van der Waals surface area (Å²) in [5.41, 5.74) is 2.56. The first-order chi connectivity index (χ1) is 4.63. The van der Waals surface area contributed by atoms with Crippen molar-refractivity contribution in [3.63, 3.8) is 0 Å². The van der Waals surface area contributed by atoms with Gasteiger partial charge in [0.15, 0.2) is 0 Å². The number of halogens is 1. The van der Waals surface area contributed by atoms with Crippen LogP contribution in [0.25, 0.3) is 0 Å². The van der Waals surface area contributed by atoms with Gasteiger partial charge in [-0.15, -0.1) is 0 Å². The summed E-state index contributed by atoms with van der Waals surface area (Å²) in [4.78, 5) is 0. The summed E-state index contributed by atoms with van der Waals surface area (Å²) in [7, 11) is 0. The Bertz CT molecular complexity index is 229. The summed E-state index contributed by atoms with van der Waals surface area (Å²) in [5.74, 6) is 0. The average molecular weight is 258 g/mol. The molecular formula is C8H8ClSn. The molecule has 0 nitrogen and oxygen atoms in total. The number of rotatable bonds is 0. The molecule has 0 N–H and O–H groups in total. The first-order valence-corrected chi connectivity index (χ1v) is 4.90. The van der Waals surface area contributed by atoms with Crippen LogP contribution in [0.15, 0.2) is 12.1 Å². The molecule has 0 bridgehead atoms. The molecule has 1 aromatic carbocycles. The normalized spacial score (nSPS) is 10.0. The van der Waals surface area contributed by atoms with Gasteiger partial charge >= 0.3 is 79.8 Å². The summed E-state index contributed by atoms with van der Waals surface area (Å²) in [5, 5.41) is 0.878. The predicted octanol–water partition coefficient (Wildman–Crippen LogP) is 1.75. The van der Waals surface area contributed by atoms with Crippen molar-refractivity contribution in [2.75, 3.05) is 0 Å². The van der Waals surface area contributed by atoms with E-state index in [1.165, 1.54) is 37.2 Å². The Morgan fingerprint density at radius 3 is 2.30 bits per heavy atom. The maximum absolute atomic E-state index is 5.90. The molecule has 0 aliphatic heterocycles. The topological polar surface area (TPSA) is 0 Å². The van der Waals surface area contributed by atoms with Gasteiger partial charge in [-0.1, -0.05) is 0 Å². The van der Waals surface area contributed by atoms with Crippen molar-refractivity contribution in [3.8, 4) is 0 Å². The van der Waals surface area contributed by atoms with Gasteiger partial charge in [-0.2, -0.15) is 0 Å². The molecule has 0 saturated carbocycles. The number of benzene rings is 1. The quantitative estimate of drug-likeness (QED) is 0.622. The fraction of sp³-hybridized carbons (Fsp3) is 0.250. The van der Waals surface area contributed by atoms with Crippen molar-refractivity contribution in [2.24, 2.45) is 0 Å². The molecule has 0 aliphatic rings. The van der Waals surface area contributed by atoms with Gasteiger partial charge in [0, 0.05) is 0 Å². The van der Waals surface area contributed by atoms with E-state index in [4.69, 9.17) is 11.6 Å². The Morgan fingerprint density at radius 2 is 1.80 bits per heavy atom. The van der Waals surface area contributed by atoms with Gasteiger partial charge in [0.1, 0.15) is 0 Å². The first-order valence-electron chi connectivity index (χ1n) is 3.10. The maximum atomic E-state index is 5.90. The van der Waals surface area contributed by atoms with E-state index in [0.29, 0.717) is 0 Å². The molecule has 0 spiro atoms. The fourth-order valence-electron chi connectivity index (χ4n) is 0.788. The summed E-state index contributed by atoms with van der Waals surface area (Å²) in [6.07, 6.45) is 0. The van der Waals surface area contributed by atoms with Crippen LogP contribution in [0.3, 0.4) is 0 Å². The van der Waals surface area contributed by atoms with Gasteiger partial charge in [0.05, 0.1) is 0 Å². The van der Waals surface area contributed by atoms with Crippen molar-refractivity contribution in [1.82, 2.24) is 0 Å². The van der Waals surface area contributed by atoms with E-state index in [1.54, 1.807) is 0 Å². The van der Waals surface area contributed by atoms with Gasteiger partial charge in [-0.3, -0.25) is 0 Å². The SMILES string of the molecule is Cc1c(Cl)cc[c]([Sn])c1C. The standard InChI is InChI=1S/C8H8Cl.Sn/c1-6-4-3-5-8(9)7(6)2;/h3,5H,1-2H3;. The molecule has 1 aromatic rings. The van der Waals surface area contributed by atoms with Crippen LogP contribution >= 0.6 is 11.6 Å². The van der Waals surface area contributed by atoms with Crippen LogP contribution < -0.4 is 3.58 Å². The zero-order valence-corrected chi connectivity index (χ0v) is 9.64. The molecule has 0 unspecified atom stereocenters. The van der Waals surface area contributed by atoms with E-state index < -0.39 is 0 Å². The van der Waals surface area contributed by atoms with E-state index in [0.717, 1.165) is 5.02 Å². The third kappa shape index (κ3) is 1.48. The van der Waals surface area contributed by atoms with E-state index in [-0.39, 0.29) is 0 Å². The Labute approximate surface area is 79.7 Å². The van der Waals surface area contributed by atoms with Crippen LogP contribution in [0.5, 0.6) is 0 Å². The fourth-order valence-corrected chi connectivity index (χ4v) is 1.77. The Morgan fingerprint density at radius 1 is 1.20 bits per heavy atom. The van der Waals surface area contributed by atoms with Crippen molar-refractivity contribution >= 4 is 37.7 Å². The van der Waals surface area contributed by atoms with E-state index in [2.05, 4.69) is 19.9 Å². The van der Waals surface area contributed by atoms with Gasteiger partial charge in [0.2, 0.25) is 0 Å². The molecule has 0 aromatic heterocycles. The molecule has 10 heavy (non-hydrogen) atoms. The molecule has 3 radical (unpaired) electrons. The summed E-state index contributed by atoms with van der Waals surface area (Å²) >= 11 is 7.36. The molecule has 51 valence electrons. The summed E-state index contributed by atoms with van der Waals surface area (Å²) in [6, 6.07) is 4.05. The molecule has 1 rings (SSSR count). The minimum atomic E-state index is 0.878. The van der Waals surface area contributed by atoms with Crippen molar-refractivity contribution in [3.05, 3.63) is 28.3 Å². The summed E-state index contributed by atoms with van der Waals surface area (Å²) < 4.78 is 1.40. The Hall–Kier alpha value is 0.309. The number of hydrogen-bond acceptors (Lipinski definition) is 0. The number of hydrogen-bond donors (Lipinski definition) is 0. The van der Waals surface area contributed by atoms with Crippen LogP contribution in [0, 0.1) is 13.8 Å². The molecule has 0 amide bonds. The molecular weight excluding hydrogens is 250 g/mol. The van der Waals surface area contributed by atoms with E-state index >= 15 is 0 Å². The van der Waals surface area contributed by atoms with E-state index in [9.17, 15) is 0 Å². The Kier molecular flexibility index (Phi) is 2.64. The summed E-state index contributed by atoms with van der Waals surface area (Å²) in [6.45, 7) is 4.18. The molecule has 0 heterocycles. The molecule has 0 saturated heterocycles. The van der Waals surface area contributed by atoms with Crippen LogP contribution in [-0.2, 0) is 0 Å². The monoisotopic (exact) mass is 259 g/mol. The predicted molar refractivity (Wildman–Crippen MR) is 46.3 cm³/mol. The third-order valence-electron chi connectivity index (χ3n) is 1.72. The zero-order chi connectivity index (χ0) is 7.72. The van der Waals surface area contributed by atoms with Gasteiger partial charge in [-0.25, -0.2) is 0 Å². The molecule has 0 atom stereocenters. The van der Waals surface area contributed by atoms with Gasteiger partial charge < -0.3 is 0 Å². The first kappa shape index (κ1) is 8.41. The Balaban J connectivity index is 3.34. The van der Waals surface area contributed by atoms with Crippen LogP contribution in [0.2, 0.25) is 5.02 Å². The average Bonchev–Trinajstić information content (AvgIpc) is 1.93. The second kappa shape index (κ2) is 3.14. The van der Waals surface area contributed by atoms with Crippen LogP contribution in [0.4, 0.5) is 0 Å². The van der Waals surface area contributed by atoms with Gasteiger partial charge in [0.25, 0.3) is 0 Å². The van der Waals surface area contributed by atoms with Crippen LogP contribution in [-0.4, -0.2) is 22.5 Å². The van der Waals surface area contributed by atoms with Gasteiger partial charge in [-0.05, 0) is 0 Å². The molecule has 2 heteroatoms. The van der Waals surface area contributed by atoms with E-state index in [1.807, 2.05) is 6.07 Å². The third-order valence-corrected chi connectivity index (χ3v) is 3.68. The van der Waals surface area contributed by atoms with Crippen LogP contribution in [0.1, 0.15) is 11.1 Å². The second-order valence-electron chi connectivity index (χ2n) is 2.34. The second-order valence-corrected chi connectivity index (χ2v) is 4.29. The van der Waals surface area contributed by atoms with Crippen molar-refractivity contribution in [1.29, 1.82) is 0 Å².